The predicted molar refractivity (Wildman–Crippen MR) is 90.4 cm³/mol. The summed E-state index contributed by atoms with van der Waals surface area (Å²) in [7, 11) is 0. The van der Waals surface area contributed by atoms with Crippen LogP contribution >= 0.6 is 0 Å². The molecule has 22 heavy (non-hydrogen) atoms. The highest BCUT2D eigenvalue weighted by Crippen LogP contribution is 2.31. The summed E-state index contributed by atoms with van der Waals surface area (Å²) in [4.78, 5) is 0. The molecule has 0 aromatic heterocycles. The molecule has 109 valence electrons. The topological polar surface area (TPSA) is 29.1 Å². The summed E-state index contributed by atoms with van der Waals surface area (Å²) in [5.41, 5.74) is 2.11. The molecule has 0 unspecified atom stereocenters. The first-order valence-electron chi connectivity index (χ1n) is 7.34. The maximum absolute atomic E-state index is 10.8. The van der Waals surface area contributed by atoms with Crippen molar-refractivity contribution >= 4 is 22.9 Å². The van der Waals surface area contributed by atoms with Gasteiger partial charge >= 0.3 is 0 Å². The lowest BCUT2D eigenvalue weighted by Crippen LogP contribution is -2.02. The van der Waals surface area contributed by atoms with Gasteiger partial charge in [0.15, 0.2) is 0 Å². The van der Waals surface area contributed by atoms with Crippen LogP contribution < -0.4 is 4.74 Å². The lowest BCUT2D eigenvalue weighted by Gasteiger charge is -2.11. The van der Waals surface area contributed by atoms with E-state index in [1.54, 1.807) is 0 Å². The van der Waals surface area contributed by atoms with Crippen LogP contribution in [0.5, 0.6) is 5.75 Å². The van der Waals surface area contributed by atoms with Crippen molar-refractivity contribution in [1.82, 2.24) is 0 Å². The molecule has 3 rings (SSSR count). The third-order valence-corrected chi connectivity index (χ3v) is 3.49. The van der Waals surface area contributed by atoms with Crippen molar-refractivity contribution in [3.05, 3.63) is 77.9 Å². The fourth-order valence-corrected chi connectivity index (χ4v) is 2.45. The maximum Gasteiger partial charge on any atom is 0.134 e. The second-order valence-electron chi connectivity index (χ2n) is 5.00. The van der Waals surface area contributed by atoms with Crippen LogP contribution in [0.2, 0.25) is 0 Å². The van der Waals surface area contributed by atoms with Gasteiger partial charge in [0.05, 0.1) is 0 Å². The number of fused-ring (bicyclic) bond motifs is 1. The lowest BCUT2D eigenvalue weighted by atomic mass is 10.0. The Labute approximate surface area is 130 Å². The molecule has 2 heteroatoms. The predicted octanol–water partition coefficient (Wildman–Crippen LogP) is 4.82. The van der Waals surface area contributed by atoms with Crippen LogP contribution in [0.3, 0.4) is 0 Å². The monoisotopic (exact) mass is 289 g/mol. The molecule has 0 saturated heterocycles. The van der Waals surface area contributed by atoms with Crippen molar-refractivity contribution in [2.24, 2.45) is 0 Å². The Morgan fingerprint density at radius 2 is 1.59 bits per heavy atom. The largest absolute Gasteiger partial charge is 0.490 e. The highest BCUT2D eigenvalue weighted by molar-refractivity contribution is 5.93. The van der Waals surface area contributed by atoms with Crippen molar-refractivity contribution in [2.75, 3.05) is 13.2 Å². The summed E-state index contributed by atoms with van der Waals surface area (Å²) in [6.45, 7) is -0.0642. The van der Waals surface area contributed by atoms with Gasteiger partial charge in [0.25, 0.3) is 0 Å². The Morgan fingerprint density at radius 1 is 0.818 bits per heavy atom. The highest BCUT2D eigenvalue weighted by atomic mass is 16.5. The van der Waals surface area contributed by atoms with E-state index < -0.39 is 0 Å². The van der Waals surface area contributed by atoms with Crippen LogP contribution in [-0.4, -0.2) is 13.2 Å². The molecule has 0 bridgehead atoms. The molecule has 2 nitrogen and oxygen atoms in total. The van der Waals surface area contributed by atoms with Gasteiger partial charge in [-0.05, 0) is 10.9 Å². The Kier molecular flexibility index (Phi) is 4.52. The van der Waals surface area contributed by atoms with Gasteiger partial charge in [-0.15, -0.1) is 0 Å². The number of ether oxygens (including phenoxy) is 1. The SMILES string of the molecule is [O]CCOc1c(C=Cc2ccccc2)ccc2ccccc12. The quantitative estimate of drug-likeness (QED) is 0.619. The van der Waals surface area contributed by atoms with Gasteiger partial charge in [0, 0.05) is 10.9 Å². The van der Waals surface area contributed by atoms with Gasteiger partial charge in [-0.25, -0.2) is 5.11 Å². The van der Waals surface area contributed by atoms with E-state index in [4.69, 9.17) is 4.74 Å². The molecule has 0 aliphatic heterocycles. The summed E-state index contributed by atoms with van der Waals surface area (Å²) in [6.07, 6.45) is 4.08. The van der Waals surface area contributed by atoms with Gasteiger partial charge in [-0.3, -0.25) is 0 Å². The normalized spacial score (nSPS) is 11.1. The highest BCUT2D eigenvalue weighted by Gasteiger charge is 2.07. The Bertz CT molecular complexity index is 776. The number of hydrogen-bond acceptors (Lipinski definition) is 1. The van der Waals surface area contributed by atoms with Gasteiger partial charge in [-0.2, -0.15) is 0 Å². The third-order valence-electron chi connectivity index (χ3n) is 3.49. The summed E-state index contributed by atoms with van der Waals surface area (Å²) in [6, 6.07) is 22.3. The van der Waals surface area contributed by atoms with E-state index >= 15 is 0 Å². The molecular weight excluding hydrogens is 272 g/mol. The summed E-state index contributed by atoms with van der Waals surface area (Å²) in [5.74, 6) is 0.779. The molecular formula is C20H17O2. The van der Waals surface area contributed by atoms with E-state index in [0.717, 1.165) is 27.6 Å². The molecule has 1 radical (unpaired) electrons. The van der Waals surface area contributed by atoms with Crippen molar-refractivity contribution < 1.29 is 9.84 Å². The fourth-order valence-electron chi connectivity index (χ4n) is 2.45. The number of hydrogen-bond donors (Lipinski definition) is 0. The maximum atomic E-state index is 10.8. The standard InChI is InChI=1S/C20H17O2/c21-14-15-22-20-18(11-10-16-6-2-1-3-7-16)13-12-17-8-4-5-9-19(17)20/h1-13H,14-15H2. The van der Waals surface area contributed by atoms with Gasteiger partial charge < -0.3 is 4.74 Å². The summed E-state index contributed by atoms with van der Waals surface area (Å²) < 4.78 is 5.72. The van der Waals surface area contributed by atoms with Gasteiger partial charge in [0.1, 0.15) is 19.0 Å². The molecule has 0 aliphatic rings. The summed E-state index contributed by atoms with van der Waals surface area (Å²) in [5, 5.41) is 12.9. The molecule has 0 atom stereocenters. The number of benzene rings is 3. The van der Waals surface area contributed by atoms with Crippen molar-refractivity contribution in [1.29, 1.82) is 0 Å². The van der Waals surface area contributed by atoms with Crippen molar-refractivity contribution in [2.45, 2.75) is 0 Å². The first-order valence-corrected chi connectivity index (χ1v) is 7.34. The Balaban J connectivity index is 2.02. The first-order chi connectivity index (χ1) is 10.9. The lowest BCUT2D eigenvalue weighted by molar-refractivity contribution is 0.139. The summed E-state index contributed by atoms with van der Waals surface area (Å²) >= 11 is 0. The van der Waals surface area contributed by atoms with Crippen LogP contribution in [0.4, 0.5) is 0 Å². The average molecular weight is 289 g/mol. The molecule has 0 N–H and O–H groups in total. The molecule has 0 fully saturated rings. The molecule has 0 amide bonds. The fraction of sp³-hybridized carbons (Fsp3) is 0.100. The van der Waals surface area contributed by atoms with Crippen molar-refractivity contribution in [3.8, 4) is 5.75 Å². The Morgan fingerprint density at radius 3 is 2.41 bits per heavy atom. The van der Waals surface area contributed by atoms with E-state index in [1.807, 2.05) is 60.7 Å². The minimum absolute atomic E-state index is 0.181. The van der Waals surface area contributed by atoms with E-state index in [9.17, 15) is 5.11 Å². The third kappa shape index (κ3) is 3.18. The van der Waals surface area contributed by atoms with Crippen LogP contribution in [0, 0.1) is 0 Å². The number of rotatable bonds is 5. The second-order valence-corrected chi connectivity index (χ2v) is 5.00. The first kappa shape index (κ1) is 14.4. The smallest absolute Gasteiger partial charge is 0.134 e. The zero-order valence-corrected chi connectivity index (χ0v) is 12.2. The molecule has 3 aromatic carbocycles. The zero-order chi connectivity index (χ0) is 15.2. The minimum atomic E-state index is -0.245. The van der Waals surface area contributed by atoms with E-state index in [2.05, 4.69) is 18.2 Å². The minimum Gasteiger partial charge on any atom is -0.490 e. The van der Waals surface area contributed by atoms with Crippen LogP contribution in [0.15, 0.2) is 66.7 Å². The van der Waals surface area contributed by atoms with Crippen molar-refractivity contribution in [3.63, 3.8) is 0 Å². The molecule has 3 aromatic rings. The second kappa shape index (κ2) is 6.92. The van der Waals surface area contributed by atoms with Gasteiger partial charge in [-0.1, -0.05) is 78.9 Å². The average Bonchev–Trinajstić information content (AvgIpc) is 2.59. The van der Waals surface area contributed by atoms with E-state index in [0.29, 0.717) is 0 Å². The van der Waals surface area contributed by atoms with Crippen LogP contribution in [0.25, 0.3) is 22.9 Å². The van der Waals surface area contributed by atoms with Gasteiger partial charge in [0.2, 0.25) is 0 Å². The molecule has 0 saturated carbocycles. The molecule has 0 heterocycles. The Hall–Kier alpha value is -2.58. The van der Waals surface area contributed by atoms with Crippen LogP contribution in [-0.2, 0) is 5.11 Å². The van der Waals surface area contributed by atoms with E-state index in [1.165, 1.54) is 0 Å². The van der Waals surface area contributed by atoms with E-state index in [-0.39, 0.29) is 13.2 Å². The zero-order valence-electron chi connectivity index (χ0n) is 12.2. The van der Waals surface area contributed by atoms with Crippen LogP contribution in [0.1, 0.15) is 11.1 Å². The molecule has 0 aliphatic carbocycles. The molecule has 0 spiro atoms.